The fraction of sp³-hybridized carbons (Fsp3) is 0.400. The maximum Gasteiger partial charge on any atom is 0.162 e. The lowest BCUT2D eigenvalue weighted by Crippen LogP contribution is -3.00. The molecule has 0 spiro atoms. The molecule has 0 aliphatic carbocycles. The summed E-state index contributed by atoms with van der Waals surface area (Å²) < 4.78 is 18.0. The lowest BCUT2D eigenvalue weighted by molar-refractivity contribution is -0.0827. The Morgan fingerprint density at radius 2 is 1.06 bits per heavy atom. The number of phenols is 1. The predicted octanol–water partition coefficient (Wildman–Crippen LogP) is 5.14. The second-order valence-electron chi connectivity index (χ2n) is 12.0. The van der Waals surface area contributed by atoms with Gasteiger partial charge in [-0.15, -0.1) is 0 Å². The summed E-state index contributed by atoms with van der Waals surface area (Å²) >= 11 is 0. The molecule has 4 aromatic rings. The molecule has 2 radical (unpaired) electrons. The molecular formula is C40H52BrO4PSi. The summed E-state index contributed by atoms with van der Waals surface area (Å²) in [5, 5.41) is 15.7. The maximum atomic E-state index is 10.9. The minimum Gasteiger partial charge on any atom is -1.00 e. The van der Waals surface area contributed by atoms with Crippen LogP contribution in [0.1, 0.15) is 69.1 Å². The molecule has 0 atom stereocenters. The van der Waals surface area contributed by atoms with Gasteiger partial charge in [0.05, 0.1) is 6.61 Å². The molecule has 4 aromatic carbocycles. The van der Waals surface area contributed by atoms with E-state index in [0.717, 1.165) is 23.9 Å². The largest absolute Gasteiger partial charge is 1.00 e. The Balaban J connectivity index is 0.00000600. The highest BCUT2D eigenvalue weighted by Gasteiger charge is 2.50. The molecule has 252 valence electrons. The fourth-order valence-electron chi connectivity index (χ4n) is 5.86. The Morgan fingerprint density at radius 1 is 0.617 bits per heavy atom. The van der Waals surface area contributed by atoms with Crippen molar-refractivity contribution in [2.45, 2.75) is 85.1 Å². The van der Waals surface area contributed by atoms with E-state index in [0.29, 0.717) is 29.3 Å². The van der Waals surface area contributed by atoms with Crippen molar-refractivity contribution in [2.75, 3.05) is 19.8 Å². The minimum atomic E-state index is -2.43. The van der Waals surface area contributed by atoms with Gasteiger partial charge < -0.3 is 36.3 Å². The van der Waals surface area contributed by atoms with Crippen molar-refractivity contribution in [1.82, 2.24) is 0 Å². The number of phenolic OH excluding ortho intramolecular Hbond substituents is 1. The van der Waals surface area contributed by atoms with Gasteiger partial charge in [0.25, 0.3) is 0 Å². The predicted molar refractivity (Wildman–Crippen MR) is 198 cm³/mol. The Morgan fingerprint density at radius 3 is 1.53 bits per heavy atom. The number of rotatable bonds is 19. The number of hydrogen-bond acceptors (Lipinski definition) is 4. The molecule has 0 aliphatic rings. The van der Waals surface area contributed by atoms with Gasteiger partial charge in [0.1, 0.15) is 44.4 Å². The molecule has 4 nitrogen and oxygen atoms in total. The zero-order valence-electron chi connectivity index (χ0n) is 28.8. The van der Waals surface area contributed by atoms with Crippen LogP contribution in [0.25, 0.3) is 0 Å². The van der Waals surface area contributed by atoms with E-state index in [4.69, 9.17) is 14.2 Å². The monoisotopic (exact) mass is 734 g/mol. The van der Waals surface area contributed by atoms with Crippen molar-refractivity contribution in [2.24, 2.45) is 0 Å². The smallest absolute Gasteiger partial charge is 0.162 e. The van der Waals surface area contributed by atoms with Crippen molar-refractivity contribution < 1.29 is 36.3 Å². The van der Waals surface area contributed by atoms with Crippen molar-refractivity contribution in [1.29, 1.82) is 0 Å². The van der Waals surface area contributed by atoms with Crippen LogP contribution in [0.15, 0.2) is 91.0 Å². The van der Waals surface area contributed by atoms with E-state index in [1.165, 1.54) is 64.3 Å². The normalized spacial score (nSPS) is 11.4. The highest BCUT2D eigenvalue weighted by Crippen LogP contribution is 2.56. The van der Waals surface area contributed by atoms with E-state index in [9.17, 15) is 5.11 Å². The first-order chi connectivity index (χ1) is 22.4. The molecule has 0 heterocycles. The van der Waals surface area contributed by atoms with Gasteiger partial charge in [0.15, 0.2) is 11.1 Å². The molecule has 0 saturated carbocycles. The van der Waals surface area contributed by atoms with Gasteiger partial charge in [0.2, 0.25) is 0 Å². The second kappa shape index (κ2) is 20.1. The van der Waals surface area contributed by atoms with Gasteiger partial charge in [0, 0.05) is 19.3 Å². The summed E-state index contributed by atoms with van der Waals surface area (Å²) in [6.07, 6.45) is 7.07. The van der Waals surface area contributed by atoms with Crippen molar-refractivity contribution in [3.05, 3.63) is 108 Å². The SMILES string of the molecule is CCOC(OCC)[Si]CCCCCCCCOc1ccc(O)cc1[P+](c1ccc(C)cc1)(c1ccc(C)cc1)c1ccc(C)cc1.[Br-]. The van der Waals surface area contributed by atoms with Crippen molar-refractivity contribution in [3.8, 4) is 11.5 Å². The third-order valence-corrected chi connectivity index (χ3v) is 13.9. The summed E-state index contributed by atoms with van der Waals surface area (Å²) in [5.74, 6) is 1.08. The minimum absolute atomic E-state index is 0. The molecule has 0 aliphatic heterocycles. The summed E-state index contributed by atoms with van der Waals surface area (Å²) in [4.78, 5) is 0. The number of halogens is 1. The van der Waals surface area contributed by atoms with Crippen molar-refractivity contribution in [3.63, 3.8) is 0 Å². The van der Waals surface area contributed by atoms with E-state index in [1.807, 2.05) is 26.0 Å². The molecule has 0 fully saturated rings. The molecule has 0 amide bonds. The molecule has 0 unspecified atom stereocenters. The Bertz CT molecular complexity index is 1340. The summed E-state index contributed by atoms with van der Waals surface area (Å²) in [7, 11) is -1.71. The van der Waals surface area contributed by atoms with E-state index in [2.05, 4.69) is 93.6 Å². The van der Waals surface area contributed by atoms with Crippen LogP contribution < -0.4 is 42.9 Å². The molecule has 47 heavy (non-hydrogen) atoms. The van der Waals surface area contributed by atoms with Crippen LogP contribution in [-0.2, 0) is 9.47 Å². The Labute approximate surface area is 297 Å². The zero-order valence-corrected chi connectivity index (χ0v) is 32.3. The first-order valence-electron chi connectivity index (χ1n) is 16.9. The first kappa shape index (κ1) is 39.0. The Kier molecular flexibility index (Phi) is 16.7. The number of aryl methyl sites for hydroxylation is 3. The summed E-state index contributed by atoms with van der Waals surface area (Å²) in [6.45, 7) is 12.5. The maximum absolute atomic E-state index is 10.9. The van der Waals surface area contributed by atoms with Crippen LogP contribution >= 0.6 is 7.26 Å². The molecule has 7 heteroatoms. The van der Waals surface area contributed by atoms with Crippen LogP contribution in [0, 0.1) is 20.8 Å². The Hall–Kier alpha value is -2.47. The van der Waals surface area contributed by atoms with Gasteiger partial charge >= 0.3 is 0 Å². The van der Waals surface area contributed by atoms with Crippen LogP contribution in [0.2, 0.25) is 6.04 Å². The third kappa shape index (κ3) is 10.8. The number of aromatic hydroxyl groups is 1. The van der Waals surface area contributed by atoms with E-state index < -0.39 is 7.26 Å². The summed E-state index contributed by atoms with van der Waals surface area (Å²) in [5.41, 5.74) is 3.67. The molecule has 0 aromatic heterocycles. The van der Waals surface area contributed by atoms with E-state index in [1.54, 1.807) is 6.07 Å². The molecule has 4 rings (SSSR count). The van der Waals surface area contributed by atoms with Gasteiger partial charge in [-0.05, 0) is 89.6 Å². The standard InChI is InChI=1S/C40H51O4PSi.BrH/c1-6-42-40(43-7-2)46-29-13-11-9-8-10-12-28-44-38-27-20-34(41)30-39(38)45(35-21-14-31(3)15-22-35,36-23-16-32(4)17-24-36)37-25-18-33(5)19-26-37;/h14-27,30,40H,6-13,28-29H2,1-5H3;1H. The first-order valence-corrected chi connectivity index (χ1v) is 20.0. The van der Waals surface area contributed by atoms with Crippen LogP contribution in [0.3, 0.4) is 0 Å². The van der Waals surface area contributed by atoms with Crippen molar-refractivity contribution >= 4 is 38.0 Å². The second-order valence-corrected chi connectivity index (χ2v) is 16.7. The molecule has 1 N–H and O–H groups in total. The number of ether oxygens (including phenoxy) is 3. The highest BCUT2D eigenvalue weighted by atomic mass is 79.9. The molecule has 0 saturated heterocycles. The average Bonchev–Trinajstić information content (AvgIpc) is 3.05. The quantitative estimate of drug-likeness (QED) is 0.0628. The number of hydrogen-bond donors (Lipinski definition) is 1. The zero-order chi connectivity index (χ0) is 32.8. The third-order valence-electron chi connectivity index (χ3n) is 8.34. The fourth-order valence-corrected chi connectivity index (χ4v) is 11.4. The topological polar surface area (TPSA) is 47.9 Å². The molecular weight excluding hydrogens is 683 g/mol. The van der Waals surface area contributed by atoms with Crippen LogP contribution in [0.4, 0.5) is 0 Å². The average molecular weight is 736 g/mol. The number of benzene rings is 4. The lowest BCUT2D eigenvalue weighted by Gasteiger charge is -2.29. The van der Waals surface area contributed by atoms with Gasteiger partial charge in [-0.25, -0.2) is 0 Å². The van der Waals surface area contributed by atoms with Gasteiger partial charge in [-0.3, -0.25) is 0 Å². The van der Waals surface area contributed by atoms with Crippen LogP contribution in [0.5, 0.6) is 11.5 Å². The summed E-state index contributed by atoms with van der Waals surface area (Å²) in [6, 6.07) is 33.7. The lowest BCUT2D eigenvalue weighted by atomic mass is 10.1. The molecule has 0 bridgehead atoms. The van der Waals surface area contributed by atoms with Crippen LogP contribution in [-0.4, -0.2) is 40.4 Å². The van der Waals surface area contributed by atoms with Gasteiger partial charge in [-0.1, -0.05) is 91.2 Å². The highest BCUT2D eigenvalue weighted by molar-refractivity contribution is 8.01. The van der Waals surface area contributed by atoms with E-state index in [-0.39, 0.29) is 28.6 Å². The number of unbranched alkanes of at least 4 members (excludes halogenated alkanes) is 5. The van der Waals surface area contributed by atoms with E-state index >= 15 is 0 Å². The van der Waals surface area contributed by atoms with Gasteiger partial charge in [-0.2, -0.15) is 0 Å².